The zero-order valence-corrected chi connectivity index (χ0v) is 9.65. The number of aryl methyl sites for hydroxylation is 1. The molecule has 1 aliphatic heterocycles. The van der Waals surface area contributed by atoms with Gasteiger partial charge in [-0.2, -0.15) is 0 Å². The van der Waals surface area contributed by atoms with Crippen LogP contribution in [0, 0.1) is 6.92 Å². The number of anilines is 1. The molecule has 0 aromatic carbocycles. The monoisotopic (exact) mass is 222 g/mol. The van der Waals surface area contributed by atoms with Crippen LogP contribution in [0.4, 0.5) is 5.82 Å². The van der Waals surface area contributed by atoms with E-state index in [9.17, 15) is 0 Å². The lowest BCUT2D eigenvalue weighted by molar-refractivity contribution is 0.0398. The lowest BCUT2D eigenvalue weighted by Gasteiger charge is -2.26. The Hall–Kier alpha value is -1.20. The molecule has 5 heteroatoms. The van der Waals surface area contributed by atoms with E-state index >= 15 is 0 Å². The van der Waals surface area contributed by atoms with Crippen molar-refractivity contribution in [1.82, 2.24) is 14.9 Å². The van der Waals surface area contributed by atoms with E-state index in [4.69, 9.17) is 4.74 Å². The van der Waals surface area contributed by atoms with Gasteiger partial charge >= 0.3 is 0 Å². The van der Waals surface area contributed by atoms with Crippen molar-refractivity contribution in [2.75, 3.05) is 44.7 Å². The molecule has 0 saturated carbocycles. The molecule has 1 aromatic rings. The van der Waals surface area contributed by atoms with Gasteiger partial charge in [-0.1, -0.05) is 0 Å². The number of nitrogens with one attached hydrogen (secondary N) is 1. The van der Waals surface area contributed by atoms with Crippen LogP contribution in [0.3, 0.4) is 0 Å². The van der Waals surface area contributed by atoms with Crippen LogP contribution in [0.5, 0.6) is 0 Å². The average Bonchev–Trinajstić information content (AvgIpc) is 2.30. The van der Waals surface area contributed by atoms with Crippen molar-refractivity contribution in [2.24, 2.45) is 0 Å². The third kappa shape index (κ3) is 3.43. The molecule has 0 radical (unpaired) electrons. The average molecular weight is 222 g/mol. The molecular formula is C11H18N4O. The molecule has 0 amide bonds. The highest BCUT2D eigenvalue weighted by molar-refractivity contribution is 5.31. The van der Waals surface area contributed by atoms with E-state index in [1.807, 2.05) is 6.92 Å². The fourth-order valence-corrected chi connectivity index (χ4v) is 1.72. The van der Waals surface area contributed by atoms with Crippen LogP contribution in [-0.2, 0) is 4.74 Å². The highest BCUT2D eigenvalue weighted by Crippen LogP contribution is 2.01. The second kappa shape index (κ2) is 5.77. The Balaban J connectivity index is 1.71. The van der Waals surface area contributed by atoms with Gasteiger partial charge in [0.2, 0.25) is 0 Å². The number of ether oxygens (including phenoxy) is 1. The molecule has 5 nitrogen and oxygen atoms in total. The number of nitrogens with zero attached hydrogens (tertiary/aromatic N) is 3. The van der Waals surface area contributed by atoms with E-state index in [0.29, 0.717) is 0 Å². The molecule has 16 heavy (non-hydrogen) atoms. The van der Waals surface area contributed by atoms with Crippen LogP contribution >= 0.6 is 0 Å². The van der Waals surface area contributed by atoms with Crippen LogP contribution < -0.4 is 5.32 Å². The van der Waals surface area contributed by atoms with Gasteiger partial charge in [-0.3, -0.25) is 9.88 Å². The minimum atomic E-state index is 0.851. The van der Waals surface area contributed by atoms with Crippen LogP contribution in [-0.4, -0.2) is 54.3 Å². The Bertz CT molecular complexity index is 326. The Labute approximate surface area is 95.8 Å². The van der Waals surface area contributed by atoms with E-state index in [-0.39, 0.29) is 0 Å². The van der Waals surface area contributed by atoms with Crippen LogP contribution in [0.25, 0.3) is 0 Å². The van der Waals surface area contributed by atoms with Gasteiger partial charge in [-0.05, 0) is 6.92 Å². The molecule has 1 N–H and O–H groups in total. The van der Waals surface area contributed by atoms with Gasteiger partial charge in [0.15, 0.2) is 0 Å². The second-order valence-corrected chi connectivity index (χ2v) is 3.93. The number of rotatable bonds is 4. The standard InChI is InChI=1S/C11H18N4O/c1-10-8-12-9-11(14-10)13-2-3-15-4-6-16-7-5-15/h8-9H,2-7H2,1H3,(H,13,14). The van der Waals surface area contributed by atoms with Crippen molar-refractivity contribution < 1.29 is 4.74 Å². The second-order valence-electron chi connectivity index (χ2n) is 3.93. The topological polar surface area (TPSA) is 50.3 Å². The molecular weight excluding hydrogens is 204 g/mol. The van der Waals surface area contributed by atoms with E-state index in [2.05, 4.69) is 20.2 Å². The minimum Gasteiger partial charge on any atom is -0.379 e. The summed E-state index contributed by atoms with van der Waals surface area (Å²) in [5, 5.41) is 3.28. The lowest BCUT2D eigenvalue weighted by atomic mass is 10.4. The van der Waals surface area contributed by atoms with Crippen molar-refractivity contribution in [2.45, 2.75) is 6.92 Å². The van der Waals surface area contributed by atoms with Gasteiger partial charge < -0.3 is 10.1 Å². The fourth-order valence-electron chi connectivity index (χ4n) is 1.72. The fraction of sp³-hybridized carbons (Fsp3) is 0.636. The highest BCUT2D eigenvalue weighted by Gasteiger charge is 2.09. The molecule has 2 rings (SSSR count). The van der Waals surface area contributed by atoms with Crippen LogP contribution in [0.2, 0.25) is 0 Å². The summed E-state index contributed by atoms with van der Waals surface area (Å²) in [6, 6.07) is 0. The minimum absolute atomic E-state index is 0.851. The maximum atomic E-state index is 5.30. The van der Waals surface area contributed by atoms with Gasteiger partial charge in [-0.15, -0.1) is 0 Å². The lowest BCUT2D eigenvalue weighted by Crippen LogP contribution is -2.39. The zero-order chi connectivity index (χ0) is 11.2. The largest absolute Gasteiger partial charge is 0.379 e. The molecule has 1 aliphatic rings. The van der Waals surface area contributed by atoms with Crippen molar-refractivity contribution in [1.29, 1.82) is 0 Å². The van der Waals surface area contributed by atoms with Gasteiger partial charge in [0.25, 0.3) is 0 Å². The maximum Gasteiger partial charge on any atom is 0.144 e. The first kappa shape index (κ1) is 11.3. The van der Waals surface area contributed by atoms with E-state index in [1.165, 1.54) is 0 Å². The molecule has 1 fully saturated rings. The zero-order valence-electron chi connectivity index (χ0n) is 9.65. The molecule has 0 spiro atoms. The molecule has 88 valence electrons. The molecule has 2 heterocycles. The predicted octanol–water partition coefficient (Wildman–Crippen LogP) is 0.529. The summed E-state index contributed by atoms with van der Waals surface area (Å²) in [6.07, 6.45) is 3.51. The van der Waals surface area contributed by atoms with Gasteiger partial charge in [0.1, 0.15) is 5.82 Å². The molecule has 1 saturated heterocycles. The number of aromatic nitrogens is 2. The Morgan fingerprint density at radius 3 is 2.94 bits per heavy atom. The molecule has 0 aliphatic carbocycles. The summed E-state index contributed by atoms with van der Waals surface area (Å²) in [5.41, 5.74) is 0.941. The molecule has 0 bridgehead atoms. The first-order valence-electron chi connectivity index (χ1n) is 5.67. The van der Waals surface area contributed by atoms with Crippen molar-refractivity contribution in [3.8, 4) is 0 Å². The summed E-state index contributed by atoms with van der Waals surface area (Å²) >= 11 is 0. The van der Waals surface area contributed by atoms with Crippen LogP contribution in [0.15, 0.2) is 12.4 Å². The smallest absolute Gasteiger partial charge is 0.144 e. The van der Waals surface area contributed by atoms with Gasteiger partial charge in [0, 0.05) is 32.4 Å². The number of hydrogen-bond donors (Lipinski definition) is 1. The quantitative estimate of drug-likeness (QED) is 0.805. The summed E-state index contributed by atoms with van der Waals surface area (Å²) in [4.78, 5) is 10.8. The Morgan fingerprint density at radius 2 is 2.19 bits per heavy atom. The summed E-state index contributed by atoms with van der Waals surface area (Å²) in [5.74, 6) is 0.855. The third-order valence-electron chi connectivity index (χ3n) is 2.59. The van der Waals surface area contributed by atoms with Crippen molar-refractivity contribution in [3.63, 3.8) is 0 Å². The van der Waals surface area contributed by atoms with Crippen molar-refractivity contribution in [3.05, 3.63) is 18.1 Å². The molecule has 0 atom stereocenters. The van der Waals surface area contributed by atoms with Crippen molar-refractivity contribution >= 4 is 5.82 Å². The van der Waals surface area contributed by atoms with E-state index < -0.39 is 0 Å². The molecule has 0 unspecified atom stereocenters. The third-order valence-corrected chi connectivity index (χ3v) is 2.59. The summed E-state index contributed by atoms with van der Waals surface area (Å²) < 4.78 is 5.30. The van der Waals surface area contributed by atoms with Gasteiger partial charge in [0.05, 0.1) is 25.1 Å². The number of morpholine rings is 1. The highest BCUT2D eigenvalue weighted by atomic mass is 16.5. The maximum absolute atomic E-state index is 5.30. The predicted molar refractivity (Wildman–Crippen MR) is 62.5 cm³/mol. The summed E-state index contributed by atoms with van der Waals surface area (Å²) in [6.45, 7) is 7.63. The Kier molecular flexibility index (Phi) is 4.07. The first-order valence-corrected chi connectivity index (χ1v) is 5.67. The van der Waals surface area contributed by atoms with E-state index in [0.717, 1.165) is 50.9 Å². The van der Waals surface area contributed by atoms with Crippen LogP contribution in [0.1, 0.15) is 5.69 Å². The first-order chi connectivity index (χ1) is 7.84. The summed E-state index contributed by atoms with van der Waals surface area (Å²) in [7, 11) is 0. The van der Waals surface area contributed by atoms with E-state index in [1.54, 1.807) is 12.4 Å². The SMILES string of the molecule is Cc1cncc(NCCN2CCOCC2)n1. The van der Waals surface area contributed by atoms with Gasteiger partial charge in [-0.25, -0.2) is 4.98 Å². The number of hydrogen-bond acceptors (Lipinski definition) is 5. The Morgan fingerprint density at radius 1 is 1.38 bits per heavy atom. The normalized spacial score (nSPS) is 17.3. The molecule has 1 aromatic heterocycles.